The molecule has 4 aromatic rings. The van der Waals surface area contributed by atoms with Crippen LogP contribution < -0.4 is 5.56 Å². The van der Waals surface area contributed by atoms with Crippen LogP contribution in [0.25, 0.3) is 11.1 Å². The van der Waals surface area contributed by atoms with Gasteiger partial charge in [-0.05, 0) is 53.1 Å². The molecule has 1 aliphatic carbocycles. The van der Waals surface area contributed by atoms with Crippen LogP contribution in [0.1, 0.15) is 52.0 Å². The van der Waals surface area contributed by atoms with Crippen LogP contribution in [-0.2, 0) is 29.4 Å². The molecule has 1 atom stereocenters. The fraction of sp³-hybridized carbons (Fsp3) is 0.276. The van der Waals surface area contributed by atoms with Crippen LogP contribution in [0.3, 0.4) is 0 Å². The number of thiophene rings is 1. The van der Waals surface area contributed by atoms with Gasteiger partial charge >= 0.3 is 6.18 Å². The normalized spacial score (nSPS) is 17.0. The van der Waals surface area contributed by atoms with E-state index in [0.717, 1.165) is 47.0 Å². The Morgan fingerprint density at radius 2 is 1.85 bits per heavy atom. The number of H-pyrrole nitrogens is 1. The van der Waals surface area contributed by atoms with Crippen molar-refractivity contribution in [3.8, 4) is 11.1 Å². The summed E-state index contributed by atoms with van der Waals surface area (Å²) in [6.45, 7) is 0.124. The van der Waals surface area contributed by atoms with E-state index in [0.29, 0.717) is 23.5 Å². The Labute approximate surface area is 225 Å². The summed E-state index contributed by atoms with van der Waals surface area (Å²) >= 11 is 1.65. The molecule has 2 aromatic carbocycles. The number of alkyl halides is 3. The van der Waals surface area contributed by atoms with E-state index in [-0.39, 0.29) is 29.6 Å². The van der Waals surface area contributed by atoms with Crippen molar-refractivity contribution in [3.05, 3.63) is 109 Å². The number of benzene rings is 2. The van der Waals surface area contributed by atoms with Gasteiger partial charge in [-0.3, -0.25) is 9.59 Å². The molecule has 1 fully saturated rings. The maximum absolute atomic E-state index is 13.2. The third-order valence-electron chi connectivity index (χ3n) is 7.53. The third-order valence-corrected chi connectivity index (χ3v) is 8.66. The van der Waals surface area contributed by atoms with Gasteiger partial charge in [0.15, 0.2) is 6.10 Å². The van der Waals surface area contributed by atoms with Crippen LogP contribution in [0, 0.1) is 0 Å². The smallest absolute Gasteiger partial charge is 0.378 e. The molecule has 0 bridgehead atoms. The zero-order valence-corrected chi connectivity index (χ0v) is 21.5. The van der Waals surface area contributed by atoms with Crippen molar-refractivity contribution in [2.75, 3.05) is 6.54 Å². The molecule has 2 aromatic heterocycles. The molecule has 0 radical (unpaired) electrons. The second-order valence-corrected chi connectivity index (χ2v) is 10.9. The number of aliphatic hydroxyl groups is 1. The lowest BCUT2D eigenvalue weighted by Gasteiger charge is -2.30. The summed E-state index contributed by atoms with van der Waals surface area (Å²) in [4.78, 5) is 36.4. The summed E-state index contributed by atoms with van der Waals surface area (Å²) in [5, 5.41) is 12.7. The van der Waals surface area contributed by atoms with Crippen molar-refractivity contribution in [1.82, 2.24) is 14.9 Å². The van der Waals surface area contributed by atoms with Gasteiger partial charge in [0.1, 0.15) is 5.82 Å². The highest BCUT2D eigenvalue weighted by molar-refractivity contribution is 7.10. The Balaban J connectivity index is 1.23. The summed E-state index contributed by atoms with van der Waals surface area (Å²) in [6.07, 6.45) is -4.31. The van der Waals surface area contributed by atoms with Crippen molar-refractivity contribution in [1.29, 1.82) is 0 Å². The number of rotatable bonds is 5. The third kappa shape index (κ3) is 4.68. The van der Waals surface area contributed by atoms with Crippen LogP contribution in [-0.4, -0.2) is 32.4 Å². The molecule has 6 nitrogen and oxygen atoms in total. The first-order valence-corrected chi connectivity index (χ1v) is 13.4. The fourth-order valence-electron chi connectivity index (χ4n) is 5.13. The largest absolute Gasteiger partial charge is 0.416 e. The van der Waals surface area contributed by atoms with Crippen LogP contribution >= 0.6 is 11.3 Å². The average molecular weight is 552 g/mol. The number of carbonyl (C=O) groups excluding carboxylic acids is 1. The molecule has 200 valence electrons. The number of hydrogen-bond donors (Lipinski definition) is 2. The van der Waals surface area contributed by atoms with Crippen molar-refractivity contribution in [2.45, 2.75) is 43.5 Å². The minimum atomic E-state index is -4.59. The molecule has 39 heavy (non-hydrogen) atoms. The number of hydrogen-bond acceptors (Lipinski definition) is 5. The van der Waals surface area contributed by atoms with Gasteiger partial charge in [-0.1, -0.05) is 42.5 Å². The Hall–Kier alpha value is -3.76. The molecule has 1 amide bonds. The number of fused-ring (bicyclic) bond motifs is 1. The number of nitrogens with one attached hydrogen (secondary N) is 1. The summed E-state index contributed by atoms with van der Waals surface area (Å²) in [5.74, 6) is -0.134. The van der Waals surface area contributed by atoms with Gasteiger partial charge in [0, 0.05) is 17.8 Å². The zero-order valence-electron chi connectivity index (χ0n) is 20.7. The maximum atomic E-state index is 13.2. The summed E-state index contributed by atoms with van der Waals surface area (Å²) in [5.41, 5.74) is 1.42. The minimum Gasteiger partial charge on any atom is -0.378 e. The SMILES string of the molecule is O=C([C@H](O)c1cccc(C(F)(F)F)c1)N1CCc2nc(C3(c4cc(-c5ccccc5)cs4)CC3)[nH]c(=O)c2C1. The Morgan fingerprint density at radius 3 is 2.56 bits per heavy atom. The average Bonchev–Trinajstić information content (AvgIpc) is 3.61. The van der Waals surface area contributed by atoms with E-state index in [4.69, 9.17) is 4.98 Å². The second-order valence-electron chi connectivity index (χ2n) is 10.0. The lowest BCUT2D eigenvalue weighted by Crippen LogP contribution is -2.42. The fourth-order valence-corrected chi connectivity index (χ4v) is 6.31. The van der Waals surface area contributed by atoms with E-state index in [1.54, 1.807) is 11.3 Å². The molecular formula is C29H24F3N3O3S. The lowest BCUT2D eigenvalue weighted by molar-refractivity contribution is -0.142. The van der Waals surface area contributed by atoms with Crippen LogP contribution in [0.5, 0.6) is 0 Å². The molecule has 2 N–H and O–H groups in total. The van der Waals surface area contributed by atoms with Crippen LogP contribution in [0.2, 0.25) is 0 Å². The first-order valence-electron chi connectivity index (χ1n) is 12.6. The van der Waals surface area contributed by atoms with E-state index in [1.165, 1.54) is 11.0 Å². The van der Waals surface area contributed by atoms with Crippen molar-refractivity contribution in [2.24, 2.45) is 0 Å². The highest BCUT2D eigenvalue weighted by Crippen LogP contribution is 2.54. The van der Waals surface area contributed by atoms with E-state index < -0.39 is 23.8 Å². The number of aromatic amines is 1. The first-order chi connectivity index (χ1) is 18.7. The molecule has 0 saturated heterocycles. The first kappa shape index (κ1) is 25.5. The van der Waals surface area contributed by atoms with Crippen molar-refractivity contribution >= 4 is 17.2 Å². The van der Waals surface area contributed by atoms with Gasteiger partial charge in [0.25, 0.3) is 11.5 Å². The number of carbonyl (C=O) groups is 1. The van der Waals surface area contributed by atoms with Crippen LogP contribution in [0.15, 0.2) is 70.8 Å². The van der Waals surface area contributed by atoms with Gasteiger partial charge in [-0.2, -0.15) is 13.2 Å². The molecular weight excluding hydrogens is 527 g/mol. The number of halogens is 3. The van der Waals surface area contributed by atoms with Gasteiger partial charge in [0.2, 0.25) is 0 Å². The standard InChI is InChI=1S/C29H24F3N3O3S/c30-29(31,32)20-8-4-7-18(13-20)24(36)26(38)35-12-9-22-21(15-35)25(37)34-27(33-22)28(10-11-28)23-14-19(16-39-23)17-5-2-1-3-6-17/h1-8,13-14,16,24,36H,9-12,15H2,(H,33,34,37)/t24-/m1/s1. The number of aliphatic hydroxyl groups excluding tert-OH is 1. The monoisotopic (exact) mass is 551 g/mol. The van der Waals surface area contributed by atoms with Crippen molar-refractivity contribution in [3.63, 3.8) is 0 Å². The predicted octanol–water partition coefficient (Wildman–Crippen LogP) is 5.22. The number of amides is 1. The maximum Gasteiger partial charge on any atom is 0.416 e. The summed E-state index contributed by atoms with van der Waals surface area (Å²) in [7, 11) is 0. The topological polar surface area (TPSA) is 86.3 Å². The summed E-state index contributed by atoms with van der Waals surface area (Å²) < 4.78 is 39.3. The summed E-state index contributed by atoms with van der Waals surface area (Å²) in [6, 6.07) is 16.3. The highest BCUT2D eigenvalue weighted by atomic mass is 32.1. The number of aromatic nitrogens is 2. The second kappa shape index (κ2) is 9.46. The highest BCUT2D eigenvalue weighted by Gasteiger charge is 2.50. The molecule has 3 heterocycles. The number of nitrogens with zero attached hydrogens (tertiary/aromatic N) is 2. The van der Waals surface area contributed by atoms with Gasteiger partial charge < -0.3 is 15.0 Å². The molecule has 10 heteroatoms. The predicted molar refractivity (Wildman–Crippen MR) is 140 cm³/mol. The van der Waals surface area contributed by atoms with E-state index in [9.17, 15) is 27.9 Å². The van der Waals surface area contributed by atoms with Crippen LogP contribution in [0.4, 0.5) is 13.2 Å². The molecule has 0 spiro atoms. The quantitative estimate of drug-likeness (QED) is 0.356. The van der Waals surface area contributed by atoms with Crippen molar-refractivity contribution < 1.29 is 23.1 Å². The van der Waals surface area contributed by atoms with E-state index in [1.807, 2.05) is 18.2 Å². The Morgan fingerprint density at radius 1 is 1.08 bits per heavy atom. The lowest BCUT2D eigenvalue weighted by atomic mass is 9.99. The zero-order chi connectivity index (χ0) is 27.4. The molecule has 2 aliphatic rings. The molecule has 6 rings (SSSR count). The molecule has 0 unspecified atom stereocenters. The van der Waals surface area contributed by atoms with Gasteiger partial charge in [-0.25, -0.2) is 4.98 Å². The Bertz CT molecular complexity index is 1610. The Kier molecular flexibility index (Phi) is 6.19. The molecule has 1 saturated carbocycles. The van der Waals surface area contributed by atoms with E-state index >= 15 is 0 Å². The van der Waals surface area contributed by atoms with E-state index in [2.05, 4.69) is 28.6 Å². The van der Waals surface area contributed by atoms with Gasteiger partial charge in [0.05, 0.1) is 28.8 Å². The molecule has 1 aliphatic heterocycles. The van der Waals surface area contributed by atoms with Gasteiger partial charge in [-0.15, -0.1) is 11.3 Å². The minimum absolute atomic E-state index is 0.0725.